The maximum absolute atomic E-state index is 9.68. The van der Waals surface area contributed by atoms with E-state index in [4.69, 9.17) is 4.74 Å². The molecule has 2 unspecified atom stereocenters. The second kappa shape index (κ2) is 6.51. The van der Waals surface area contributed by atoms with Gasteiger partial charge in [0.25, 0.3) is 0 Å². The van der Waals surface area contributed by atoms with Crippen molar-refractivity contribution >= 4 is 0 Å². The van der Waals surface area contributed by atoms with E-state index < -0.39 is 0 Å². The number of ether oxygens (including phenoxy) is 1. The summed E-state index contributed by atoms with van der Waals surface area (Å²) < 4.78 is 5.08. The molecule has 90 valence electrons. The van der Waals surface area contributed by atoms with E-state index in [1.807, 2.05) is 18.2 Å². The lowest BCUT2D eigenvalue weighted by atomic mass is 10.1. The summed E-state index contributed by atoms with van der Waals surface area (Å²) in [5, 5.41) is 13.1. The molecule has 0 bridgehead atoms. The summed E-state index contributed by atoms with van der Waals surface area (Å²) in [7, 11) is 1.71. The Bertz CT molecular complexity index is 315. The van der Waals surface area contributed by atoms with Gasteiger partial charge in [0.15, 0.2) is 0 Å². The van der Waals surface area contributed by atoms with Crippen LogP contribution in [-0.2, 0) is 4.74 Å². The van der Waals surface area contributed by atoms with Crippen molar-refractivity contribution in [1.29, 1.82) is 0 Å². The van der Waals surface area contributed by atoms with Gasteiger partial charge in [-0.2, -0.15) is 0 Å². The van der Waals surface area contributed by atoms with Crippen LogP contribution in [0.3, 0.4) is 0 Å². The van der Waals surface area contributed by atoms with Gasteiger partial charge < -0.3 is 15.2 Å². The zero-order chi connectivity index (χ0) is 12.0. The van der Waals surface area contributed by atoms with Crippen LogP contribution in [0.15, 0.2) is 24.3 Å². The molecule has 3 nitrogen and oxygen atoms in total. The Morgan fingerprint density at radius 3 is 2.62 bits per heavy atom. The van der Waals surface area contributed by atoms with Crippen molar-refractivity contribution in [3.63, 3.8) is 0 Å². The zero-order valence-electron chi connectivity index (χ0n) is 10.2. The first-order chi connectivity index (χ1) is 7.65. The number of phenolic OH excluding ortho intramolecular Hbond substituents is 1. The van der Waals surface area contributed by atoms with Crippen molar-refractivity contribution in [2.75, 3.05) is 20.3 Å². The Hall–Kier alpha value is -1.06. The average Bonchev–Trinajstić information content (AvgIpc) is 2.27. The lowest BCUT2D eigenvalue weighted by Crippen LogP contribution is -2.26. The number of methoxy groups -OCH3 is 1. The van der Waals surface area contributed by atoms with E-state index in [0.29, 0.717) is 11.7 Å². The summed E-state index contributed by atoms with van der Waals surface area (Å²) in [4.78, 5) is 0. The number of nitrogens with one attached hydrogen (secondary N) is 1. The molecule has 1 rings (SSSR count). The molecule has 0 saturated heterocycles. The molecule has 0 heterocycles. The molecule has 0 aliphatic carbocycles. The molecule has 1 aromatic rings. The topological polar surface area (TPSA) is 41.5 Å². The first-order valence-corrected chi connectivity index (χ1v) is 5.65. The fourth-order valence-electron chi connectivity index (χ4n) is 1.69. The lowest BCUT2D eigenvalue weighted by molar-refractivity contribution is 0.157. The number of benzene rings is 1. The summed E-state index contributed by atoms with van der Waals surface area (Å²) in [5.74, 6) is 0.820. The number of hydrogen-bond donors (Lipinski definition) is 2. The number of rotatable bonds is 6. The summed E-state index contributed by atoms with van der Waals surface area (Å²) in [6.45, 7) is 5.81. The maximum atomic E-state index is 9.68. The minimum atomic E-state index is 0.153. The van der Waals surface area contributed by atoms with E-state index in [9.17, 15) is 5.11 Å². The standard InChI is InChI=1S/C13H21NO2/c1-10(9-16-3)8-14-11(2)12-6-4-5-7-13(12)15/h4-7,10-11,14-15H,8-9H2,1-3H3. The third kappa shape index (κ3) is 3.83. The molecule has 0 amide bonds. The first-order valence-electron chi connectivity index (χ1n) is 5.65. The van der Waals surface area contributed by atoms with E-state index >= 15 is 0 Å². The van der Waals surface area contributed by atoms with Crippen LogP contribution in [0.25, 0.3) is 0 Å². The van der Waals surface area contributed by atoms with E-state index in [-0.39, 0.29) is 6.04 Å². The molecule has 0 aliphatic rings. The van der Waals surface area contributed by atoms with Gasteiger partial charge in [0.1, 0.15) is 5.75 Å². The predicted octanol–water partition coefficient (Wildman–Crippen LogP) is 2.33. The van der Waals surface area contributed by atoms with Crippen molar-refractivity contribution in [1.82, 2.24) is 5.32 Å². The molecule has 0 aliphatic heterocycles. The summed E-state index contributed by atoms with van der Waals surface area (Å²) in [6.07, 6.45) is 0. The van der Waals surface area contributed by atoms with Gasteiger partial charge in [-0.3, -0.25) is 0 Å². The van der Waals surface area contributed by atoms with Crippen LogP contribution >= 0.6 is 0 Å². The molecule has 0 radical (unpaired) electrons. The summed E-state index contributed by atoms with van der Waals surface area (Å²) >= 11 is 0. The van der Waals surface area contributed by atoms with Gasteiger partial charge >= 0.3 is 0 Å². The molecular weight excluding hydrogens is 202 g/mol. The summed E-state index contributed by atoms with van der Waals surface area (Å²) in [5.41, 5.74) is 0.937. The maximum Gasteiger partial charge on any atom is 0.120 e. The van der Waals surface area contributed by atoms with Gasteiger partial charge in [0.05, 0.1) is 0 Å². The number of hydrogen-bond acceptors (Lipinski definition) is 3. The highest BCUT2D eigenvalue weighted by atomic mass is 16.5. The highest BCUT2D eigenvalue weighted by Crippen LogP contribution is 2.22. The lowest BCUT2D eigenvalue weighted by Gasteiger charge is -2.18. The fraction of sp³-hybridized carbons (Fsp3) is 0.538. The van der Waals surface area contributed by atoms with Gasteiger partial charge in [0.2, 0.25) is 0 Å². The highest BCUT2D eigenvalue weighted by molar-refractivity contribution is 5.34. The first kappa shape index (κ1) is 13.0. The third-order valence-corrected chi connectivity index (χ3v) is 2.63. The van der Waals surface area contributed by atoms with Crippen molar-refractivity contribution in [2.24, 2.45) is 5.92 Å². The SMILES string of the molecule is COCC(C)CNC(C)c1ccccc1O. The molecule has 16 heavy (non-hydrogen) atoms. The number of para-hydroxylation sites is 1. The van der Waals surface area contributed by atoms with Crippen molar-refractivity contribution in [3.8, 4) is 5.75 Å². The Labute approximate surface area is 97.4 Å². The zero-order valence-corrected chi connectivity index (χ0v) is 10.2. The molecule has 0 spiro atoms. The molecule has 2 atom stereocenters. The largest absolute Gasteiger partial charge is 0.508 e. The molecule has 0 aromatic heterocycles. The van der Waals surface area contributed by atoms with E-state index in [1.54, 1.807) is 13.2 Å². The van der Waals surface area contributed by atoms with E-state index in [0.717, 1.165) is 18.7 Å². The van der Waals surface area contributed by atoms with Crippen LogP contribution in [0.5, 0.6) is 5.75 Å². The molecule has 1 aromatic carbocycles. The Balaban J connectivity index is 2.46. The van der Waals surface area contributed by atoms with Crippen LogP contribution < -0.4 is 5.32 Å². The van der Waals surface area contributed by atoms with Crippen molar-refractivity contribution < 1.29 is 9.84 Å². The third-order valence-electron chi connectivity index (χ3n) is 2.63. The minimum absolute atomic E-state index is 0.153. The Morgan fingerprint density at radius 2 is 2.00 bits per heavy atom. The van der Waals surface area contributed by atoms with E-state index in [1.165, 1.54) is 0 Å². The Kier molecular flexibility index (Phi) is 5.29. The highest BCUT2D eigenvalue weighted by Gasteiger charge is 2.10. The van der Waals surface area contributed by atoms with Crippen molar-refractivity contribution in [2.45, 2.75) is 19.9 Å². The van der Waals surface area contributed by atoms with Gasteiger partial charge in [-0.15, -0.1) is 0 Å². The fourth-order valence-corrected chi connectivity index (χ4v) is 1.69. The van der Waals surface area contributed by atoms with Crippen LogP contribution in [0, 0.1) is 5.92 Å². The second-order valence-corrected chi connectivity index (χ2v) is 4.25. The van der Waals surface area contributed by atoms with Crippen LogP contribution in [0.4, 0.5) is 0 Å². The minimum Gasteiger partial charge on any atom is -0.508 e. The van der Waals surface area contributed by atoms with Crippen molar-refractivity contribution in [3.05, 3.63) is 29.8 Å². The van der Waals surface area contributed by atoms with Crippen LogP contribution in [0.1, 0.15) is 25.5 Å². The molecule has 3 heteroatoms. The number of aromatic hydroxyl groups is 1. The van der Waals surface area contributed by atoms with Gasteiger partial charge in [-0.05, 0) is 18.9 Å². The Morgan fingerprint density at radius 1 is 1.31 bits per heavy atom. The van der Waals surface area contributed by atoms with Gasteiger partial charge in [0, 0.05) is 31.9 Å². The average molecular weight is 223 g/mol. The molecular formula is C13H21NO2. The summed E-state index contributed by atoms with van der Waals surface area (Å²) in [6, 6.07) is 7.57. The predicted molar refractivity (Wildman–Crippen MR) is 65.6 cm³/mol. The van der Waals surface area contributed by atoms with Gasteiger partial charge in [-0.25, -0.2) is 0 Å². The smallest absolute Gasteiger partial charge is 0.120 e. The van der Waals surface area contributed by atoms with Gasteiger partial charge in [-0.1, -0.05) is 25.1 Å². The molecule has 0 saturated carbocycles. The second-order valence-electron chi connectivity index (χ2n) is 4.25. The molecule has 2 N–H and O–H groups in total. The number of phenols is 1. The van der Waals surface area contributed by atoms with Crippen LogP contribution in [0.2, 0.25) is 0 Å². The normalized spacial score (nSPS) is 14.7. The van der Waals surface area contributed by atoms with E-state index in [2.05, 4.69) is 19.2 Å². The van der Waals surface area contributed by atoms with Crippen LogP contribution in [-0.4, -0.2) is 25.4 Å². The molecule has 0 fully saturated rings. The monoisotopic (exact) mass is 223 g/mol. The quantitative estimate of drug-likeness (QED) is 0.777.